The molecule has 2 unspecified atom stereocenters. The molecule has 1 N–H and O–H groups in total. The minimum atomic E-state index is -1.34. The van der Waals surface area contributed by atoms with Gasteiger partial charge in [-0.3, -0.25) is 19.3 Å². The predicted octanol–water partition coefficient (Wildman–Crippen LogP) is 6.22. The van der Waals surface area contributed by atoms with Crippen LogP contribution in [0.15, 0.2) is 36.4 Å². The second-order valence-corrected chi connectivity index (χ2v) is 11.8. The lowest BCUT2D eigenvalue weighted by Crippen LogP contribution is -2.34. The molecule has 1 aliphatic carbocycles. The van der Waals surface area contributed by atoms with Gasteiger partial charge in [-0.15, -0.1) is 23.2 Å². The molecule has 2 atom stereocenters. The van der Waals surface area contributed by atoms with Gasteiger partial charge in [-0.2, -0.15) is 0 Å². The summed E-state index contributed by atoms with van der Waals surface area (Å²) in [5.74, 6) is -2.15. The van der Waals surface area contributed by atoms with Crippen molar-refractivity contribution in [1.29, 1.82) is 0 Å². The van der Waals surface area contributed by atoms with Crippen LogP contribution in [0.25, 0.3) is 0 Å². The molecule has 2 aromatic carbocycles. The summed E-state index contributed by atoms with van der Waals surface area (Å²) in [5, 5.41) is 3.72. The van der Waals surface area contributed by atoms with Crippen molar-refractivity contribution in [3.63, 3.8) is 0 Å². The maximum atomic E-state index is 12.9. The average molecular weight is 583 g/mol. The van der Waals surface area contributed by atoms with Gasteiger partial charge in [0, 0.05) is 27.2 Å². The summed E-state index contributed by atoms with van der Waals surface area (Å²) < 4.78 is -0.998. The standard InChI is InChI=1S/C21H13Cl5N2O3S2/c22-10-3-9(4-11(23)5-10)17-18(21(17,25)26)19(31)27-12-1-2-14(24)13(6-12)15(29)7-28-16(30)8-33-20(28)32/h1-6,17-18H,7-8H2,(H,27,31). The van der Waals surface area contributed by atoms with Gasteiger partial charge in [-0.25, -0.2) is 0 Å². The molecule has 2 amide bonds. The van der Waals surface area contributed by atoms with Crippen molar-refractivity contribution in [2.24, 2.45) is 5.92 Å². The Bertz CT molecular complexity index is 1170. The van der Waals surface area contributed by atoms with E-state index in [-0.39, 0.29) is 28.8 Å². The first-order valence-electron chi connectivity index (χ1n) is 9.43. The zero-order valence-corrected chi connectivity index (χ0v) is 21.8. The number of carbonyl (C=O) groups is 3. The molecule has 12 heteroatoms. The highest BCUT2D eigenvalue weighted by Gasteiger charge is 2.67. The van der Waals surface area contributed by atoms with E-state index in [4.69, 9.17) is 70.2 Å². The molecule has 172 valence electrons. The molecule has 33 heavy (non-hydrogen) atoms. The molecule has 1 saturated carbocycles. The van der Waals surface area contributed by atoms with Crippen molar-refractivity contribution in [2.75, 3.05) is 17.6 Å². The molecule has 1 saturated heterocycles. The number of thioether (sulfide) groups is 1. The molecule has 0 radical (unpaired) electrons. The van der Waals surface area contributed by atoms with Gasteiger partial charge in [-0.1, -0.05) is 58.8 Å². The first-order valence-corrected chi connectivity index (χ1v) is 12.7. The van der Waals surface area contributed by atoms with Crippen molar-refractivity contribution in [3.8, 4) is 0 Å². The number of nitrogens with one attached hydrogen (secondary N) is 1. The van der Waals surface area contributed by atoms with Crippen LogP contribution in [0, 0.1) is 5.92 Å². The Labute approximate surface area is 224 Å². The summed E-state index contributed by atoms with van der Waals surface area (Å²) in [7, 11) is 0. The van der Waals surface area contributed by atoms with Crippen molar-refractivity contribution in [1.82, 2.24) is 4.90 Å². The number of hydrogen-bond donors (Lipinski definition) is 1. The fourth-order valence-corrected chi connectivity index (χ4v) is 6.28. The van der Waals surface area contributed by atoms with Crippen LogP contribution in [0.1, 0.15) is 21.8 Å². The molecule has 1 heterocycles. The SMILES string of the molecule is O=C(CN1C(=O)CSC1=S)c1cc(NC(=O)C2C(c3cc(Cl)cc(Cl)c3)C2(Cl)Cl)ccc1Cl. The van der Waals surface area contributed by atoms with Gasteiger partial charge in [0.1, 0.15) is 8.65 Å². The molecule has 2 aliphatic rings. The average Bonchev–Trinajstić information content (AvgIpc) is 3.19. The van der Waals surface area contributed by atoms with Crippen LogP contribution in [0.3, 0.4) is 0 Å². The maximum absolute atomic E-state index is 12.9. The number of halogens is 5. The fourth-order valence-electron chi connectivity index (χ4n) is 3.62. The maximum Gasteiger partial charge on any atom is 0.238 e. The number of amides is 2. The van der Waals surface area contributed by atoms with Gasteiger partial charge in [0.05, 0.1) is 23.2 Å². The van der Waals surface area contributed by atoms with Gasteiger partial charge in [-0.05, 0) is 42.0 Å². The number of rotatable bonds is 6. The van der Waals surface area contributed by atoms with E-state index in [1.54, 1.807) is 24.3 Å². The Morgan fingerprint density at radius 3 is 2.39 bits per heavy atom. The molecule has 2 aromatic rings. The Morgan fingerprint density at radius 1 is 1.12 bits per heavy atom. The van der Waals surface area contributed by atoms with E-state index in [1.807, 2.05) is 0 Å². The summed E-state index contributed by atoms with van der Waals surface area (Å²) in [6, 6.07) is 9.37. The third-order valence-corrected chi connectivity index (χ3v) is 8.40. The number of benzene rings is 2. The van der Waals surface area contributed by atoms with Crippen LogP contribution in [0.5, 0.6) is 0 Å². The van der Waals surface area contributed by atoms with E-state index in [1.165, 1.54) is 28.8 Å². The second-order valence-electron chi connectivity index (χ2n) is 7.47. The smallest absolute Gasteiger partial charge is 0.238 e. The van der Waals surface area contributed by atoms with Gasteiger partial charge in [0.2, 0.25) is 11.8 Å². The number of alkyl halides is 2. The van der Waals surface area contributed by atoms with Crippen LogP contribution >= 0.6 is 82.0 Å². The molecule has 4 rings (SSSR count). The van der Waals surface area contributed by atoms with Crippen LogP contribution in [0.4, 0.5) is 5.69 Å². The van der Waals surface area contributed by atoms with Gasteiger partial charge >= 0.3 is 0 Å². The van der Waals surface area contributed by atoms with Crippen molar-refractivity contribution >= 4 is 110 Å². The number of anilines is 1. The summed E-state index contributed by atoms with van der Waals surface area (Å²) in [4.78, 5) is 38.9. The minimum Gasteiger partial charge on any atom is -0.326 e. The van der Waals surface area contributed by atoms with E-state index in [9.17, 15) is 14.4 Å². The summed E-state index contributed by atoms with van der Waals surface area (Å²) >= 11 is 37.4. The first-order chi connectivity index (χ1) is 15.5. The highest BCUT2D eigenvalue weighted by Crippen LogP contribution is 2.65. The molecular weight excluding hydrogens is 570 g/mol. The van der Waals surface area contributed by atoms with Crippen molar-refractivity contribution < 1.29 is 14.4 Å². The molecule has 1 aliphatic heterocycles. The van der Waals surface area contributed by atoms with E-state index in [2.05, 4.69) is 5.32 Å². The second kappa shape index (κ2) is 9.53. The van der Waals surface area contributed by atoms with E-state index in [0.29, 0.717) is 25.6 Å². The van der Waals surface area contributed by atoms with Crippen LogP contribution in [-0.2, 0) is 9.59 Å². The normalized spacial score (nSPS) is 21.3. The van der Waals surface area contributed by atoms with E-state index in [0.717, 1.165) is 0 Å². The molecule has 5 nitrogen and oxygen atoms in total. The highest BCUT2D eigenvalue weighted by molar-refractivity contribution is 8.23. The zero-order chi connectivity index (χ0) is 24.1. The summed E-state index contributed by atoms with van der Waals surface area (Å²) in [6.07, 6.45) is 0. The number of nitrogens with zero attached hydrogens (tertiary/aromatic N) is 1. The first kappa shape index (κ1) is 25.0. The van der Waals surface area contributed by atoms with E-state index >= 15 is 0 Å². The largest absolute Gasteiger partial charge is 0.326 e. The fraction of sp³-hybridized carbons (Fsp3) is 0.238. The number of thiocarbonyl (C=S) groups is 1. The lowest BCUT2D eigenvalue weighted by Gasteiger charge is -2.15. The van der Waals surface area contributed by atoms with Crippen LogP contribution < -0.4 is 5.32 Å². The Hall–Kier alpha value is -1.06. The summed E-state index contributed by atoms with van der Waals surface area (Å²) in [5.41, 5.74) is 1.13. The van der Waals surface area contributed by atoms with Gasteiger partial charge in [0.25, 0.3) is 0 Å². The molecule has 0 spiro atoms. The Kier molecular flexibility index (Phi) is 7.23. The number of Topliss-reactive ketones (excluding diaryl/α,β-unsaturated/α-hetero) is 1. The van der Waals surface area contributed by atoms with Gasteiger partial charge < -0.3 is 5.32 Å². The number of carbonyl (C=O) groups excluding carboxylic acids is 3. The number of hydrogen-bond acceptors (Lipinski definition) is 5. The third-order valence-electron chi connectivity index (χ3n) is 5.26. The Morgan fingerprint density at radius 2 is 1.79 bits per heavy atom. The molecule has 2 fully saturated rings. The molecule has 0 bridgehead atoms. The summed E-state index contributed by atoms with van der Waals surface area (Å²) in [6.45, 7) is -0.228. The number of ketones is 1. The van der Waals surface area contributed by atoms with Crippen LogP contribution in [0.2, 0.25) is 15.1 Å². The van der Waals surface area contributed by atoms with Gasteiger partial charge in [0.15, 0.2) is 5.78 Å². The monoisotopic (exact) mass is 580 g/mol. The zero-order valence-electron chi connectivity index (χ0n) is 16.4. The van der Waals surface area contributed by atoms with Crippen molar-refractivity contribution in [3.05, 3.63) is 62.6 Å². The lowest BCUT2D eigenvalue weighted by molar-refractivity contribution is -0.123. The molecule has 0 aromatic heterocycles. The Balaban J connectivity index is 1.50. The topological polar surface area (TPSA) is 66.5 Å². The molecular formula is C21H13Cl5N2O3S2. The predicted molar refractivity (Wildman–Crippen MR) is 138 cm³/mol. The lowest BCUT2D eigenvalue weighted by atomic mass is 10.1. The third kappa shape index (κ3) is 5.15. The van der Waals surface area contributed by atoms with Crippen molar-refractivity contribution in [2.45, 2.75) is 10.3 Å². The highest BCUT2D eigenvalue weighted by atomic mass is 35.5. The minimum absolute atomic E-state index is 0.152. The van der Waals surface area contributed by atoms with Crippen LogP contribution in [-0.4, -0.2) is 43.4 Å². The quantitative estimate of drug-likeness (QED) is 0.249. The van der Waals surface area contributed by atoms with E-state index < -0.39 is 27.9 Å².